The van der Waals surface area contributed by atoms with Gasteiger partial charge in [0, 0.05) is 10.0 Å². The largest absolute Gasteiger partial charge is 0.506 e. The normalized spacial score (nSPS) is 10.8. The Morgan fingerprint density at radius 2 is 2.00 bits per heavy atom. The van der Waals surface area contributed by atoms with Gasteiger partial charge in [-0.15, -0.1) is 0 Å². The van der Waals surface area contributed by atoms with Gasteiger partial charge in [0.25, 0.3) is 0 Å². The molecular formula is C14H10Br2N2O3. The van der Waals surface area contributed by atoms with Gasteiger partial charge in [0.1, 0.15) is 5.75 Å². The highest BCUT2D eigenvalue weighted by atomic mass is 79.9. The topological polar surface area (TPSA) is 81.9 Å². The maximum Gasteiger partial charge on any atom is 0.335 e. The molecule has 0 amide bonds. The van der Waals surface area contributed by atoms with Crippen molar-refractivity contribution < 1.29 is 15.0 Å². The number of phenols is 1. The predicted molar refractivity (Wildman–Crippen MR) is 88.1 cm³/mol. The molecular weight excluding hydrogens is 404 g/mol. The Kier molecular flexibility index (Phi) is 4.98. The first-order valence-electron chi connectivity index (χ1n) is 5.78. The molecule has 0 aliphatic heterocycles. The van der Waals surface area contributed by atoms with Crippen molar-refractivity contribution in [2.45, 2.75) is 0 Å². The highest BCUT2D eigenvalue weighted by Crippen LogP contribution is 2.30. The smallest absolute Gasteiger partial charge is 0.335 e. The summed E-state index contributed by atoms with van der Waals surface area (Å²) < 4.78 is 1.34. The molecule has 0 fully saturated rings. The van der Waals surface area contributed by atoms with E-state index >= 15 is 0 Å². The van der Waals surface area contributed by atoms with E-state index in [-0.39, 0.29) is 11.3 Å². The number of carbonyl (C=O) groups is 1. The van der Waals surface area contributed by atoms with Crippen molar-refractivity contribution >= 4 is 49.7 Å². The van der Waals surface area contributed by atoms with Crippen molar-refractivity contribution in [2.24, 2.45) is 5.10 Å². The third-order valence-corrected chi connectivity index (χ3v) is 3.63. The van der Waals surface area contributed by atoms with Crippen LogP contribution in [-0.2, 0) is 0 Å². The number of benzene rings is 2. The number of hydrogen-bond donors (Lipinski definition) is 3. The summed E-state index contributed by atoms with van der Waals surface area (Å²) in [5.74, 6) is -0.931. The van der Waals surface area contributed by atoms with Gasteiger partial charge in [0.15, 0.2) is 0 Å². The van der Waals surface area contributed by atoms with E-state index < -0.39 is 5.97 Å². The lowest BCUT2D eigenvalue weighted by atomic mass is 10.2. The van der Waals surface area contributed by atoms with Crippen LogP contribution in [0, 0.1) is 0 Å². The van der Waals surface area contributed by atoms with Crippen molar-refractivity contribution in [3.63, 3.8) is 0 Å². The molecule has 0 bridgehead atoms. The van der Waals surface area contributed by atoms with Gasteiger partial charge in [-0.3, -0.25) is 5.43 Å². The Balaban J connectivity index is 2.16. The first-order valence-corrected chi connectivity index (χ1v) is 7.36. The highest BCUT2D eigenvalue weighted by molar-refractivity contribution is 9.11. The number of halogens is 2. The molecule has 0 aromatic heterocycles. The minimum Gasteiger partial charge on any atom is -0.506 e. The van der Waals surface area contributed by atoms with Crippen molar-refractivity contribution in [2.75, 3.05) is 5.43 Å². The van der Waals surface area contributed by atoms with Crippen LogP contribution in [0.3, 0.4) is 0 Å². The van der Waals surface area contributed by atoms with E-state index in [1.165, 1.54) is 18.3 Å². The number of hydrazone groups is 1. The quantitative estimate of drug-likeness (QED) is 0.521. The van der Waals surface area contributed by atoms with Gasteiger partial charge >= 0.3 is 5.97 Å². The van der Waals surface area contributed by atoms with E-state index in [2.05, 4.69) is 42.4 Å². The molecule has 0 unspecified atom stereocenters. The van der Waals surface area contributed by atoms with Crippen molar-refractivity contribution in [1.82, 2.24) is 0 Å². The Morgan fingerprint density at radius 3 is 2.71 bits per heavy atom. The molecule has 7 heteroatoms. The minimum atomic E-state index is -1.00. The lowest BCUT2D eigenvalue weighted by Crippen LogP contribution is -1.97. The van der Waals surface area contributed by atoms with E-state index in [0.717, 1.165) is 4.47 Å². The number of hydrogen-bond acceptors (Lipinski definition) is 4. The van der Waals surface area contributed by atoms with Gasteiger partial charge in [-0.2, -0.15) is 5.10 Å². The molecule has 0 radical (unpaired) electrons. The van der Waals surface area contributed by atoms with Gasteiger partial charge in [0.2, 0.25) is 0 Å². The van der Waals surface area contributed by atoms with Crippen LogP contribution < -0.4 is 5.43 Å². The number of carboxylic acids is 1. The second-order valence-corrected chi connectivity index (χ2v) is 5.85. The van der Waals surface area contributed by atoms with Gasteiger partial charge in [-0.05, 0) is 46.3 Å². The van der Waals surface area contributed by atoms with E-state index in [0.29, 0.717) is 15.7 Å². The fourth-order valence-corrected chi connectivity index (χ4v) is 2.84. The molecule has 21 heavy (non-hydrogen) atoms. The van der Waals surface area contributed by atoms with Crippen LogP contribution >= 0.6 is 31.9 Å². The zero-order valence-corrected chi connectivity index (χ0v) is 13.7. The molecule has 2 rings (SSSR count). The molecule has 5 nitrogen and oxygen atoms in total. The lowest BCUT2D eigenvalue weighted by molar-refractivity contribution is 0.0697. The third kappa shape index (κ3) is 4.05. The summed E-state index contributed by atoms with van der Waals surface area (Å²) in [7, 11) is 0. The SMILES string of the molecule is O=C(O)c1cccc(NN=Cc2cc(Br)cc(Br)c2O)c1. The molecule has 0 heterocycles. The maximum absolute atomic E-state index is 10.9. The van der Waals surface area contributed by atoms with Crippen molar-refractivity contribution in [3.8, 4) is 5.75 Å². The average molecular weight is 414 g/mol. The predicted octanol–water partition coefficient (Wildman–Crippen LogP) is 4.06. The van der Waals surface area contributed by atoms with Crippen LogP contribution in [0.15, 0.2) is 50.4 Å². The summed E-state index contributed by atoms with van der Waals surface area (Å²) in [6.45, 7) is 0. The van der Waals surface area contributed by atoms with Gasteiger partial charge < -0.3 is 10.2 Å². The van der Waals surface area contributed by atoms with Crippen LogP contribution in [0.4, 0.5) is 5.69 Å². The molecule has 0 spiro atoms. The molecule has 2 aromatic carbocycles. The molecule has 0 aliphatic carbocycles. The fraction of sp³-hybridized carbons (Fsp3) is 0. The fourth-order valence-electron chi connectivity index (χ4n) is 1.58. The monoisotopic (exact) mass is 412 g/mol. The van der Waals surface area contributed by atoms with Crippen LogP contribution in [0.25, 0.3) is 0 Å². The second-order valence-electron chi connectivity index (χ2n) is 4.08. The zero-order chi connectivity index (χ0) is 15.4. The van der Waals surface area contributed by atoms with Crippen LogP contribution in [0.2, 0.25) is 0 Å². The van der Waals surface area contributed by atoms with Gasteiger partial charge in [0.05, 0.1) is 21.9 Å². The van der Waals surface area contributed by atoms with Gasteiger partial charge in [-0.25, -0.2) is 4.79 Å². The second kappa shape index (κ2) is 6.73. The third-order valence-electron chi connectivity index (χ3n) is 2.56. The molecule has 0 saturated carbocycles. The summed E-state index contributed by atoms with van der Waals surface area (Å²) in [5.41, 5.74) is 3.94. The number of nitrogens with one attached hydrogen (secondary N) is 1. The first kappa shape index (κ1) is 15.5. The molecule has 2 aromatic rings. The average Bonchev–Trinajstić information content (AvgIpc) is 2.44. The van der Waals surface area contributed by atoms with Crippen LogP contribution in [0.1, 0.15) is 15.9 Å². The van der Waals surface area contributed by atoms with E-state index in [1.807, 2.05) is 0 Å². The zero-order valence-electron chi connectivity index (χ0n) is 10.5. The summed E-state index contributed by atoms with van der Waals surface area (Å²) in [6.07, 6.45) is 1.44. The van der Waals surface area contributed by atoms with Gasteiger partial charge in [-0.1, -0.05) is 22.0 Å². The number of anilines is 1. The Bertz CT molecular complexity index is 717. The number of carboxylic acid groups (broad SMARTS) is 1. The summed E-state index contributed by atoms with van der Waals surface area (Å²) in [4.78, 5) is 10.9. The van der Waals surface area contributed by atoms with E-state index in [9.17, 15) is 9.90 Å². The van der Waals surface area contributed by atoms with E-state index in [1.54, 1.807) is 24.3 Å². The number of rotatable bonds is 4. The number of nitrogens with zero attached hydrogens (tertiary/aromatic N) is 1. The molecule has 108 valence electrons. The standard InChI is InChI=1S/C14H10Br2N2O3/c15-10-4-9(13(19)12(16)6-10)7-17-18-11-3-1-2-8(5-11)14(20)21/h1-7,18-19H,(H,20,21). The van der Waals surface area contributed by atoms with Crippen LogP contribution in [0.5, 0.6) is 5.75 Å². The van der Waals surface area contributed by atoms with E-state index in [4.69, 9.17) is 5.11 Å². The number of phenolic OH excluding ortho intramolecular Hbond substituents is 1. The molecule has 0 saturated heterocycles. The number of aromatic carboxylic acids is 1. The lowest BCUT2D eigenvalue weighted by Gasteiger charge is -2.04. The number of aromatic hydroxyl groups is 1. The van der Waals surface area contributed by atoms with Crippen molar-refractivity contribution in [3.05, 3.63) is 56.5 Å². The van der Waals surface area contributed by atoms with Crippen LogP contribution in [-0.4, -0.2) is 22.4 Å². The Labute approximate surface area is 137 Å². The Morgan fingerprint density at radius 1 is 1.24 bits per heavy atom. The molecule has 0 atom stereocenters. The Hall–Kier alpha value is -1.86. The summed E-state index contributed by atoms with van der Waals surface area (Å²) in [6, 6.07) is 9.70. The molecule has 3 N–H and O–H groups in total. The first-order chi connectivity index (χ1) is 9.97. The van der Waals surface area contributed by atoms with Crippen molar-refractivity contribution in [1.29, 1.82) is 0 Å². The highest BCUT2D eigenvalue weighted by Gasteiger charge is 2.05. The molecule has 0 aliphatic rings. The minimum absolute atomic E-state index is 0.0723. The maximum atomic E-state index is 10.9. The summed E-state index contributed by atoms with van der Waals surface area (Å²) >= 11 is 6.55. The summed E-state index contributed by atoms with van der Waals surface area (Å²) in [5, 5.41) is 22.8.